The van der Waals surface area contributed by atoms with E-state index in [-0.39, 0.29) is 0 Å². The van der Waals surface area contributed by atoms with E-state index >= 15 is 0 Å². The Morgan fingerprint density at radius 3 is 2.09 bits per heavy atom. The quantitative estimate of drug-likeness (QED) is 0.582. The summed E-state index contributed by atoms with van der Waals surface area (Å²) in [6, 6.07) is 0. The minimum atomic E-state index is 0.589. The number of thioether (sulfide) groups is 2. The highest BCUT2D eigenvalue weighted by Crippen LogP contribution is 2.45. The topological polar surface area (TPSA) is 9.23 Å². The first-order chi connectivity index (χ1) is 11.4. The van der Waals surface area contributed by atoms with E-state index in [0.717, 1.165) is 24.4 Å². The van der Waals surface area contributed by atoms with E-state index in [1.54, 1.807) is 9.81 Å². The zero-order valence-electron chi connectivity index (χ0n) is 14.4. The van der Waals surface area contributed by atoms with Gasteiger partial charge in [-0.1, -0.05) is 31.3 Å². The number of allylic oxidation sites excluding steroid dienone is 1. The van der Waals surface area contributed by atoms with Crippen LogP contribution in [0.5, 0.6) is 0 Å². The van der Waals surface area contributed by atoms with Crippen LogP contribution in [0.2, 0.25) is 0 Å². The summed E-state index contributed by atoms with van der Waals surface area (Å²) in [5.74, 6) is 5.44. The number of hydrogen-bond donors (Lipinski definition) is 0. The molecule has 0 N–H and O–H groups in total. The van der Waals surface area contributed by atoms with E-state index in [1.165, 1.54) is 82.1 Å². The van der Waals surface area contributed by atoms with Crippen molar-refractivity contribution in [1.82, 2.24) is 0 Å². The lowest BCUT2D eigenvalue weighted by molar-refractivity contribution is -0.0645. The van der Waals surface area contributed by atoms with Crippen LogP contribution in [0, 0.1) is 17.8 Å². The van der Waals surface area contributed by atoms with E-state index in [9.17, 15) is 0 Å². The number of hydrogen-bond acceptors (Lipinski definition) is 3. The van der Waals surface area contributed by atoms with Gasteiger partial charge in [0, 0.05) is 4.24 Å². The van der Waals surface area contributed by atoms with E-state index in [4.69, 9.17) is 4.74 Å². The lowest BCUT2D eigenvalue weighted by atomic mass is 9.78. The lowest BCUT2D eigenvalue weighted by Gasteiger charge is -2.38. The molecule has 0 spiro atoms. The number of rotatable bonds is 2. The maximum absolute atomic E-state index is 6.40. The van der Waals surface area contributed by atoms with Crippen molar-refractivity contribution in [3.8, 4) is 0 Å². The van der Waals surface area contributed by atoms with Crippen molar-refractivity contribution < 1.29 is 4.74 Å². The van der Waals surface area contributed by atoms with Gasteiger partial charge in [-0.15, -0.1) is 23.5 Å². The van der Waals surface area contributed by atoms with Crippen LogP contribution in [-0.4, -0.2) is 24.2 Å². The molecule has 2 saturated heterocycles. The lowest BCUT2D eigenvalue weighted by Crippen LogP contribution is -2.35. The minimum absolute atomic E-state index is 0.589. The molecule has 2 atom stereocenters. The molecule has 2 heterocycles. The summed E-state index contributed by atoms with van der Waals surface area (Å²) in [6.07, 6.45) is 16.2. The van der Waals surface area contributed by atoms with Crippen LogP contribution in [0.15, 0.2) is 9.81 Å². The predicted octanol–water partition coefficient (Wildman–Crippen LogP) is 6.24. The summed E-state index contributed by atoms with van der Waals surface area (Å²) >= 11 is 4.26. The Hall–Kier alpha value is 0.400. The molecule has 2 aliphatic heterocycles. The second-order valence-corrected chi connectivity index (χ2v) is 10.5. The van der Waals surface area contributed by atoms with Gasteiger partial charge in [-0.25, -0.2) is 0 Å². The van der Waals surface area contributed by atoms with Gasteiger partial charge in [-0.2, -0.15) is 0 Å². The fourth-order valence-electron chi connectivity index (χ4n) is 5.16. The zero-order valence-corrected chi connectivity index (χ0v) is 16.1. The van der Waals surface area contributed by atoms with Crippen LogP contribution >= 0.6 is 23.5 Å². The van der Waals surface area contributed by atoms with Crippen LogP contribution in [-0.2, 0) is 4.74 Å². The fourth-order valence-corrected chi connectivity index (χ4v) is 7.94. The first-order valence-electron chi connectivity index (χ1n) is 9.99. The molecule has 0 aromatic rings. The van der Waals surface area contributed by atoms with Gasteiger partial charge < -0.3 is 4.74 Å². The van der Waals surface area contributed by atoms with Crippen LogP contribution in [0.3, 0.4) is 0 Å². The van der Waals surface area contributed by atoms with Gasteiger partial charge in [0.05, 0.1) is 12.7 Å². The van der Waals surface area contributed by atoms with Crippen LogP contribution < -0.4 is 0 Å². The maximum Gasteiger partial charge on any atom is 0.0603 e. The highest BCUT2D eigenvalue weighted by Gasteiger charge is 2.34. The molecule has 0 aromatic heterocycles. The SMILES string of the molecule is C1CSC(=C2CCC(C3CCC(C4CCCC4)CO3)CC2)SC1. The molecule has 2 saturated carbocycles. The Morgan fingerprint density at radius 2 is 1.43 bits per heavy atom. The molecule has 4 fully saturated rings. The average Bonchev–Trinajstić information content (AvgIpc) is 3.18. The van der Waals surface area contributed by atoms with E-state index in [1.807, 2.05) is 0 Å². The van der Waals surface area contributed by atoms with E-state index < -0.39 is 0 Å². The zero-order chi connectivity index (χ0) is 15.5. The molecule has 0 radical (unpaired) electrons. The van der Waals surface area contributed by atoms with Crippen molar-refractivity contribution in [1.29, 1.82) is 0 Å². The van der Waals surface area contributed by atoms with Crippen molar-refractivity contribution in [3.05, 3.63) is 9.81 Å². The minimum Gasteiger partial charge on any atom is -0.378 e. The Labute approximate surface area is 150 Å². The Morgan fingerprint density at radius 1 is 0.696 bits per heavy atom. The largest absolute Gasteiger partial charge is 0.378 e. The Bertz CT molecular complexity index is 401. The maximum atomic E-state index is 6.40. The van der Waals surface area contributed by atoms with Crippen LogP contribution in [0.1, 0.15) is 70.6 Å². The molecule has 0 amide bonds. The second-order valence-electron chi connectivity index (χ2n) is 8.03. The monoisotopic (exact) mass is 352 g/mol. The molecule has 1 nitrogen and oxygen atoms in total. The number of ether oxygens (including phenoxy) is 1. The van der Waals surface area contributed by atoms with Gasteiger partial charge in [-0.05, 0) is 74.2 Å². The van der Waals surface area contributed by atoms with Crippen molar-refractivity contribution in [3.63, 3.8) is 0 Å². The third-order valence-corrected chi connectivity index (χ3v) is 9.41. The summed E-state index contributed by atoms with van der Waals surface area (Å²) < 4.78 is 8.09. The van der Waals surface area contributed by atoms with E-state index in [2.05, 4.69) is 23.5 Å². The third kappa shape index (κ3) is 4.15. The molecule has 4 rings (SSSR count). The third-order valence-electron chi connectivity index (χ3n) is 6.62. The highest BCUT2D eigenvalue weighted by molar-refractivity contribution is 8.22. The molecule has 23 heavy (non-hydrogen) atoms. The Kier molecular flexibility index (Phi) is 6.00. The molecule has 0 aromatic carbocycles. The van der Waals surface area contributed by atoms with Crippen molar-refractivity contribution in [2.75, 3.05) is 18.1 Å². The van der Waals surface area contributed by atoms with Gasteiger partial charge in [0.25, 0.3) is 0 Å². The van der Waals surface area contributed by atoms with Crippen molar-refractivity contribution in [2.24, 2.45) is 17.8 Å². The second kappa shape index (κ2) is 8.19. The normalized spacial score (nSPS) is 37.3. The van der Waals surface area contributed by atoms with Crippen molar-refractivity contribution >= 4 is 23.5 Å². The first kappa shape index (κ1) is 16.8. The van der Waals surface area contributed by atoms with Crippen molar-refractivity contribution in [2.45, 2.75) is 76.7 Å². The van der Waals surface area contributed by atoms with Gasteiger partial charge in [0.15, 0.2) is 0 Å². The summed E-state index contributed by atoms with van der Waals surface area (Å²) in [5, 5.41) is 0. The Balaban J connectivity index is 1.25. The molecular formula is C20H32OS2. The standard InChI is InChI=1S/C20H32OS2/c1-2-5-15(4-1)18-10-11-19(21-14-18)16-6-8-17(9-7-16)20-22-12-3-13-23-20/h15-16,18-19H,1-14H2. The molecule has 130 valence electrons. The van der Waals surface area contributed by atoms with Gasteiger partial charge in [-0.3, -0.25) is 0 Å². The van der Waals surface area contributed by atoms with Gasteiger partial charge in [0.2, 0.25) is 0 Å². The summed E-state index contributed by atoms with van der Waals surface area (Å²) in [4.78, 5) is 0. The van der Waals surface area contributed by atoms with Gasteiger partial charge >= 0.3 is 0 Å². The summed E-state index contributed by atoms with van der Waals surface area (Å²) in [6.45, 7) is 1.07. The molecule has 2 unspecified atom stereocenters. The average molecular weight is 353 g/mol. The summed E-state index contributed by atoms with van der Waals surface area (Å²) in [7, 11) is 0. The fraction of sp³-hybridized carbons (Fsp3) is 0.900. The highest BCUT2D eigenvalue weighted by atomic mass is 32.2. The molecule has 3 heteroatoms. The van der Waals surface area contributed by atoms with Gasteiger partial charge in [0.1, 0.15) is 0 Å². The van der Waals surface area contributed by atoms with Crippen LogP contribution in [0.4, 0.5) is 0 Å². The van der Waals surface area contributed by atoms with E-state index in [0.29, 0.717) is 6.10 Å². The molecular weight excluding hydrogens is 320 g/mol. The first-order valence-corrected chi connectivity index (χ1v) is 12.0. The summed E-state index contributed by atoms with van der Waals surface area (Å²) in [5.41, 5.74) is 1.79. The smallest absolute Gasteiger partial charge is 0.0603 e. The predicted molar refractivity (Wildman–Crippen MR) is 103 cm³/mol. The molecule has 4 aliphatic rings. The molecule has 0 bridgehead atoms. The van der Waals surface area contributed by atoms with Crippen LogP contribution in [0.25, 0.3) is 0 Å². The molecule has 2 aliphatic carbocycles.